The van der Waals surface area contributed by atoms with Crippen LogP contribution in [0.1, 0.15) is 52.9 Å². The predicted octanol–water partition coefficient (Wildman–Crippen LogP) is 2.64. The third-order valence-electron chi connectivity index (χ3n) is 4.46. The summed E-state index contributed by atoms with van der Waals surface area (Å²) in [6.07, 6.45) is 6.85. The standard InChI is InChI=1S/C14H28N2/c1-13(2)6-5-10-16(11-8-13)12-14(3)7-4-9-15-14/h15H,4-12H2,1-3H3. The third kappa shape index (κ3) is 3.21. The number of likely N-dealkylation sites (tertiary alicyclic amines) is 1. The van der Waals surface area contributed by atoms with E-state index >= 15 is 0 Å². The largest absolute Gasteiger partial charge is 0.310 e. The normalized spacial score (nSPS) is 36.2. The zero-order valence-electron chi connectivity index (χ0n) is 11.3. The average Bonchev–Trinajstić information content (AvgIpc) is 2.54. The molecule has 2 saturated heterocycles. The van der Waals surface area contributed by atoms with E-state index in [2.05, 4.69) is 31.0 Å². The van der Waals surface area contributed by atoms with Crippen molar-refractivity contribution in [2.45, 2.75) is 58.4 Å². The van der Waals surface area contributed by atoms with E-state index in [1.54, 1.807) is 0 Å². The minimum Gasteiger partial charge on any atom is -0.310 e. The van der Waals surface area contributed by atoms with Crippen molar-refractivity contribution in [1.29, 1.82) is 0 Å². The average molecular weight is 224 g/mol. The number of rotatable bonds is 2. The van der Waals surface area contributed by atoms with Crippen LogP contribution in [0.2, 0.25) is 0 Å². The van der Waals surface area contributed by atoms with Gasteiger partial charge in [-0.15, -0.1) is 0 Å². The summed E-state index contributed by atoms with van der Waals surface area (Å²) in [5.74, 6) is 0. The van der Waals surface area contributed by atoms with Gasteiger partial charge in [0.1, 0.15) is 0 Å². The Labute approximate surface area is 101 Å². The molecule has 1 N–H and O–H groups in total. The first-order valence-corrected chi connectivity index (χ1v) is 6.97. The molecule has 2 nitrogen and oxygen atoms in total. The molecule has 2 fully saturated rings. The summed E-state index contributed by atoms with van der Waals surface area (Å²) in [5.41, 5.74) is 0.966. The number of hydrogen-bond acceptors (Lipinski definition) is 2. The quantitative estimate of drug-likeness (QED) is 0.776. The molecule has 0 aromatic heterocycles. The Hall–Kier alpha value is -0.0800. The van der Waals surface area contributed by atoms with Gasteiger partial charge >= 0.3 is 0 Å². The molecule has 2 rings (SSSR count). The minimum absolute atomic E-state index is 0.397. The monoisotopic (exact) mass is 224 g/mol. The third-order valence-corrected chi connectivity index (χ3v) is 4.46. The van der Waals surface area contributed by atoms with Crippen molar-refractivity contribution in [3.05, 3.63) is 0 Å². The molecule has 0 radical (unpaired) electrons. The van der Waals surface area contributed by atoms with E-state index in [0.29, 0.717) is 11.0 Å². The zero-order chi connectivity index (χ0) is 11.6. The second-order valence-corrected chi connectivity index (χ2v) is 6.88. The highest BCUT2D eigenvalue weighted by Gasteiger charge is 2.31. The molecule has 0 spiro atoms. The maximum atomic E-state index is 3.68. The molecule has 0 bridgehead atoms. The van der Waals surface area contributed by atoms with Crippen molar-refractivity contribution in [2.24, 2.45) is 5.41 Å². The lowest BCUT2D eigenvalue weighted by Crippen LogP contribution is -2.47. The molecule has 1 unspecified atom stereocenters. The summed E-state index contributed by atoms with van der Waals surface area (Å²) in [7, 11) is 0. The van der Waals surface area contributed by atoms with Crippen LogP contribution >= 0.6 is 0 Å². The molecule has 94 valence electrons. The molecule has 0 aromatic rings. The lowest BCUT2D eigenvalue weighted by molar-refractivity contribution is 0.201. The van der Waals surface area contributed by atoms with Gasteiger partial charge in [0, 0.05) is 12.1 Å². The Morgan fingerprint density at radius 1 is 1.00 bits per heavy atom. The van der Waals surface area contributed by atoms with Crippen LogP contribution in [0.5, 0.6) is 0 Å². The fourth-order valence-electron chi connectivity index (χ4n) is 3.22. The molecular formula is C14H28N2. The molecule has 0 aromatic carbocycles. The summed E-state index contributed by atoms with van der Waals surface area (Å²) in [4.78, 5) is 2.69. The van der Waals surface area contributed by atoms with Gasteiger partial charge in [-0.25, -0.2) is 0 Å². The molecule has 0 amide bonds. The molecule has 1 atom stereocenters. The van der Waals surface area contributed by atoms with Crippen molar-refractivity contribution in [2.75, 3.05) is 26.2 Å². The highest BCUT2D eigenvalue weighted by atomic mass is 15.2. The Kier molecular flexibility index (Phi) is 3.60. The lowest BCUT2D eigenvalue weighted by Gasteiger charge is -2.32. The van der Waals surface area contributed by atoms with Crippen LogP contribution in [0.15, 0.2) is 0 Å². The molecule has 2 heterocycles. The summed E-state index contributed by atoms with van der Waals surface area (Å²) in [6.45, 7) is 12.3. The summed E-state index contributed by atoms with van der Waals surface area (Å²) >= 11 is 0. The van der Waals surface area contributed by atoms with E-state index in [1.165, 1.54) is 58.3 Å². The minimum atomic E-state index is 0.397. The highest BCUT2D eigenvalue weighted by Crippen LogP contribution is 2.30. The van der Waals surface area contributed by atoms with Gasteiger partial charge in [-0.05, 0) is 64.1 Å². The molecule has 0 saturated carbocycles. The number of nitrogens with one attached hydrogen (secondary N) is 1. The second-order valence-electron chi connectivity index (χ2n) is 6.88. The molecule has 2 aliphatic heterocycles. The zero-order valence-corrected chi connectivity index (χ0v) is 11.3. The van der Waals surface area contributed by atoms with Crippen LogP contribution < -0.4 is 5.32 Å². The fourth-order valence-corrected chi connectivity index (χ4v) is 3.22. The van der Waals surface area contributed by atoms with E-state index in [9.17, 15) is 0 Å². The molecular weight excluding hydrogens is 196 g/mol. The number of nitrogens with zero attached hydrogens (tertiary/aromatic N) is 1. The Morgan fingerprint density at radius 2 is 1.81 bits per heavy atom. The van der Waals surface area contributed by atoms with Gasteiger partial charge in [-0.1, -0.05) is 13.8 Å². The maximum absolute atomic E-state index is 3.68. The van der Waals surface area contributed by atoms with Gasteiger partial charge in [-0.2, -0.15) is 0 Å². The van der Waals surface area contributed by atoms with Crippen LogP contribution in [0, 0.1) is 5.41 Å². The lowest BCUT2D eigenvalue weighted by atomic mass is 9.85. The van der Waals surface area contributed by atoms with Crippen LogP contribution in [-0.2, 0) is 0 Å². The first-order chi connectivity index (χ1) is 7.49. The molecule has 16 heavy (non-hydrogen) atoms. The van der Waals surface area contributed by atoms with Crippen molar-refractivity contribution in [1.82, 2.24) is 10.2 Å². The van der Waals surface area contributed by atoms with Crippen LogP contribution in [0.4, 0.5) is 0 Å². The molecule has 2 aliphatic rings. The number of hydrogen-bond donors (Lipinski definition) is 1. The van der Waals surface area contributed by atoms with E-state index < -0.39 is 0 Å². The fraction of sp³-hybridized carbons (Fsp3) is 1.00. The Morgan fingerprint density at radius 3 is 2.50 bits per heavy atom. The van der Waals surface area contributed by atoms with E-state index in [0.717, 1.165) is 0 Å². The van der Waals surface area contributed by atoms with Crippen LogP contribution in [-0.4, -0.2) is 36.6 Å². The predicted molar refractivity (Wildman–Crippen MR) is 69.7 cm³/mol. The summed E-state index contributed by atoms with van der Waals surface area (Å²) in [5, 5.41) is 3.68. The van der Waals surface area contributed by atoms with Gasteiger partial charge in [0.25, 0.3) is 0 Å². The first-order valence-electron chi connectivity index (χ1n) is 6.97. The maximum Gasteiger partial charge on any atom is 0.0280 e. The van der Waals surface area contributed by atoms with E-state index in [4.69, 9.17) is 0 Å². The van der Waals surface area contributed by atoms with Crippen molar-refractivity contribution in [3.8, 4) is 0 Å². The topological polar surface area (TPSA) is 15.3 Å². The summed E-state index contributed by atoms with van der Waals surface area (Å²) in [6, 6.07) is 0. The highest BCUT2D eigenvalue weighted by molar-refractivity contribution is 4.92. The second kappa shape index (κ2) is 4.66. The van der Waals surface area contributed by atoms with Crippen LogP contribution in [0.3, 0.4) is 0 Å². The smallest absolute Gasteiger partial charge is 0.0280 e. The van der Waals surface area contributed by atoms with Gasteiger partial charge < -0.3 is 10.2 Å². The van der Waals surface area contributed by atoms with Gasteiger partial charge in [0.15, 0.2) is 0 Å². The van der Waals surface area contributed by atoms with Crippen molar-refractivity contribution >= 4 is 0 Å². The summed E-state index contributed by atoms with van der Waals surface area (Å²) < 4.78 is 0. The van der Waals surface area contributed by atoms with Crippen molar-refractivity contribution in [3.63, 3.8) is 0 Å². The van der Waals surface area contributed by atoms with Crippen LogP contribution in [0.25, 0.3) is 0 Å². The van der Waals surface area contributed by atoms with E-state index in [-0.39, 0.29) is 0 Å². The Bertz CT molecular complexity index is 229. The molecule has 2 heteroatoms. The van der Waals surface area contributed by atoms with Gasteiger partial charge in [0.05, 0.1) is 0 Å². The SMILES string of the molecule is CC1(C)CCCN(CC2(C)CCCN2)CC1. The first kappa shape index (κ1) is 12.4. The van der Waals surface area contributed by atoms with Gasteiger partial charge in [0.2, 0.25) is 0 Å². The van der Waals surface area contributed by atoms with Gasteiger partial charge in [-0.3, -0.25) is 0 Å². The molecule has 0 aliphatic carbocycles. The Balaban J connectivity index is 1.86. The van der Waals surface area contributed by atoms with Crippen molar-refractivity contribution < 1.29 is 0 Å². The van der Waals surface area contributed by atoms with E-state index in [1.807, 2.05) is 0 Å².